The maximum atomic E-state index is 9.75. The molecule has 2 rings (SSSR count). The molecule has 0 radical (unpaired) electrons. The summed E-state index contributed by atoms with van der Waals surface area (Å²) < 4.78 is 0. The van der Waals surface area contributed by atoms with E-state index in [9.17, 15) is 5.11 Å². The summed E-state index contributed by atoms with van der Waals surface area (Å²) in [5, 5.41) is 9.75. The van der Waals surface area contributed by atoms with Gasteiger partial charge in [0.2, 0.25) is 0 Å². The van der Waals surface area contributed by atoms with Gasteiger partial charge in [-0.25, -0.2) is 0 Å². The third-order valence-corrected chi connectivity index (χ3v) is 4.87. The lowest BCUT2D eigenvalue weighted by atomic mass is 9.71. The molecule has 0 aromatic heterocycles. The van der Waals surface area contributed by atoms with E-state index in [0.717, 1.165) is 24.9 Å². The fourth-order valence-electron chi connectivity index (χ4n) is 3.62. The highest BCUT2D eigenvalue weighted by molar-refractivity contribution is 4.86. The third kappa shape index (κ3) is 3.45. The van der Waals surface area contributed by atoms with Crippen molar-refractivity contribution in [3.63, 3.8) is 0 Å². The first-order valence-electron chi connectivity index (χ1n) is 7.39. The predicted molar refractivity (Wildman–Crippen MR) is 72.0 cm³/mol. The minimum Gasteiger partial charge on any atom is -0.392 e. The van der Waals surface area contributed by atoms with Crippen LogP contribution in [0, 0.1) is 11.3 Å². The fourth-order valence-corrected chi connectivity index (χ4v) is 3.62. The van der Waals surface area contributed by atoms with E-state index in [4.69, 9.17) is 0 Å². The monoisotopic (exact) mass is 239 g/mol. The van der Waals surface area contributed by atoms with Gasteiger partial charge in [-0.2, -0.15) is 0 Å². The van der Waals surface area contributed by atoms with Gasteiger partial charge >= 0.3 is 0 Å². The molecule has 1 heterocycles. The van der Waals surface area contributed by atoms with Crippen molar-refractivity contribution in [2.45, 2.75) is 71.4 Å². The molecule has 1 atom stereocenters. The number of nitrogens with zero attached hydrogens (tertiary/aromatic N) is 1. The quantitative estimate of drug-likeness (QED) is 0.760. The molecular weight excluding hydrogens is 210 g/mol. The van der Waals surface area contributed by atoms with Gasteiger partial charge in [0.25, 0.3) is 0 Å². The zero-order valence-corrected chi connectivity index (χ0v) is 11.8. The lowest BCUT2D eigenvalue weighted by Crippen LogP contribution is -2.46. The van der Waals surface area contributed by atoms with E-state index in [1.54, 1.807) is 0 Å². The smallest absolute Gasteiger partial charge is 0.0667 e. The van der Waals surface area contributed by atoms with Crippen molar-refractivity contribution in [3.8, 4) is 0 Å². The van der Waals surface area contributed by atoms with Crippen molar-refractivity contribution in [2.24, 2.45) is 11.3 Å². The lowest BCUT2D eigenvalue weighted by Gasteiger charge is -2.43. The van der Waals surface area contributed by atoms with Crippen molar-refractivity contribution >= 4 is 0 Å². The zero-order valence-electron chi connectivity index (χ0n) is 11.8. The molecule has 100 valence electrons. The number of hydrogen-bond acceptors (Lipinski definition) is 2. The summed E-state index contributed by atoms with van der Waals surface area (Å²) in [5.74, 6) is 0.897. The molecule has 1 N–H and O–H groups in total. The Morgan fingerprint density at radius 1 is 1.00 bits per heavy atom. The molecule has 1 aliphatic carbocycles. The topological polar surface area (TPSA) is 23.5 Å². The van der Waals surface area contributed by atoms with Crippen LogP contribution in [-0.4, -0.2) is 35.2 Å². The van der Waals surface area contributed by atoms with E-state index in [-0.39, 0.29) is 6.10 Å². The summed E-state index contributed by atoms with van der Waals surface area (Å²) in [6.07, 6.45) is 7.56. The van der Waals surface area contributed by atoms with Crippen molar-refractivity contribution in [1.29, 1.82) is 0 Å². The summed E-state index contributed by atoms with van der Waals surface area (Å²) in [6, 6.07) is 0.753. The molecule has 0 unspecified atom stereocenters. The second-order valence-electron chi connectivity index (χ2n) is 7.16. The molecule has 0 bridgehead atoms. The standard InChI is InChI=1S/C15H29NO/c1-15(2,3)12-6-8-13(9-7-12)16-10-4-5-14(17)11-16/h12-14,17H,4-11H2,1-3H3/t12?,13?,14-/m1/s1. The molecule has 1 saturated carbocycles. The van der Waals surface area contributed by atoms with Gasteiger partial charge in [0.05, 0.1) is 6.10 Å². The maximum absolute atomic E-state index is 9.75. The maximum Gasteiger partial charge on any atom is 0.0667 e. The highest BCUT2D eigenvalue weighted by Crippen LogP contribution is 2.39. The Labute approximate surface area is 106 Å². The first-order chi connectivity index (χ1) is 7.97. The van der Waals surface area contributed by atoms with E-state index in [0.29, 0.717) is 5.41 Å². The van der Waals surface area contributed by atoms with Crippen molar-refractivity contribution < 1.29 is 5.11 Å². The highest BCUT2D eigenvalue weighted by Gasteiger charge is 2.33. The number of β-amino-alcohol motifs (C(OH)–C–C–N with tert-alkyl or cyclic N) is 1. The molecule has 2 heteroatoms. The molecular formula is C15H29NO. The van der Waals surface area contributed by atoms with Crippen LogP contribution in [0.1, 0.15) is 59.3 Å². The summed E-state index contributed by atoms with van der Waals surface area (Å²) >= 11 is 0. The normalized spacial score (nSPS) is 37.1. The Hall–Kier alpha value is -0.0800. The largest absolute Gasteiger partial charge is 0.392 e. The molecule has 2 nitrogen and oxygen atoms in total. The molecule has 2 aliphatic rings. The lowest BCUT2D eigenvalue weighted by molar-refractivity contribution is 0.0228. The van der Waals surface area contributed by atoms with Crippen molar-refractivity contribution in [1.82, 2.24) is 4.90 Å². The van der Waals surface area contributed by atoms with Crippen LogP contribution in [0.5, 0.6) is 0 Å². The molecule has 1 saturated heterocycles. The summed E-state index contributed by atoms with van der Waals surface area (Å²) in [6.45, 7) is 9.26. The summed E-state index contributed by atoms with van der Waals surface area (Å²) in [5.41, 5.74) is 0.479. The number of rotatable bonds is 1. The van der Waals surface area contributed by atoms with Gasteiger partial charge in [0.15, 0.2) is 0 Å². The molecule has 17 heavy (non-hydrogen) atoms. The number of aliphatic hydroxyl groups excluding tert-OH is 1. The van der Waals surface area contributed by atoms with Crippen LogP contribution in [0.15, 0.2) is 0 Å². The SMILES string of the molecule is CC(C)(C)C1CCC(N2CCC[C@@H](O)C2)CC1. The Kier molecular flexibility index (Phi) is 4.14. The molecule has 2 fully saturated rings. The predicted octanol–water partition coefficient (Wildman–Crippen LogP) is 3.05. The Bertz CT molecular complexity index is 238. The van der Waals surface area contributed by atoms with E-state index in [2.05, 4.69) is 25.7 Å². The fraction of sp³-hybridized carbons (Fsp3) is 1.00. The van der Waals surface area contributed by atoms with Gasteiger partial charge in [-0.1, -0.05) is 20.8 Å². The minimum atomic E-state index is -0.0657. The van der Waals surface area contributed by atoms with Gasteiger partial charge in [-0.15, -0.1) is 0 Å². The van der Waals surface area contributed by atoms with Crippen LogP contribution < -0.4 is 0 Å². The van der Waals surface area contributed by atoms with Gasteiger partial charge in [-0.05, 0) is 56.4 Å². The Morgan fingerprint density at radius 2 is 1.65 bits per heavy atom. The van der Waals surface area contributed by atoms with Crippen LogP contribution in [0.4, 0.5) is 0 Å². The Balaban J connectivity index is 1.82. The third-order valence-electron chi connectivity index (χ3n) is 4.87. The zero-order chi connectivity index (χ0) is 12.5. The van der Waals surface area contributed by atoms with Crippen molar-refractivity contribution in [2.75, 3.05) is 13.1 Å². The molecule has 1 aliphatic heterocycles. The summed E-state index contributed by atoms with van der Waals surface area (Å²) in [7, 11) is 0. The first-order valence-corrected chi connectivity index (χ1v) is 7.39. The summed E-state index contributed by atoms with van der Waals surface area (Å²) in [4.78, 5) is 2.55. The molecule has 0 spiro atoms. The van der Waals surface area contributed by atoms with Crippen LogP contribution in [0.2, 0.25) is 0 Å². The van der Waals surface area contributed by atoms with Gasteiger partial charge in [0, 0.05) is 12.6 Å². The second kappa shape index (κ2) is 5.27. The van der Waals surface area contributed by atoms with Crippen LogP contribution in [0.25, 0.3) is 0 Å². The average Bonchev–Trinajstić information content (AvgIpc) is 2.28. The van der Waals surface area contributed by atoms with E-state index < -0.39 is 0 Å². The highest BCUT2D eigenvalue weighted by atomic mass is 16.3. The number of aliphatic hydroxyl groups is 1. The van der Waals surface area contributed by atoms with Crippen LogP contribution >= 0.6 is 0 Å². The van der Waals surface area contributed by atoms with Crippen molar-refractivity contribution in [3.05, 3.63) is 0 Å². The number of likely N-dealkylation sites (tertiary alicyclic amines) is 1. The van der Waals surface area contributed by atoms with Gasteiger partial charge in [0.1, 0.15) is 0 Å². The second-order valence-corrected chi connectivity index (χ2v) is 7.16. The molecule has 0 aromatic rings. The van der Waals surface area contributed by atoms with Crippen LogP contribution in [-0.2, 0) is 0 Å². The Morgan fingerprint density at radius 3 is 2.18 bits per heavy atom. The minimum absolute atomic E-state index is 0.0657. The molecule has 0 aromatic carbocycles. The molecule has 0 amide bonds. The first kappa shape index (κ1) is 13.4. The van der Waals surface area contributed by atoms with E-state index >= 15 is 0 Å². The van der Waals surface area contributed by atoms with Gasteiger partial charge < -0.3 is 5.11 Å². The van der Waals surface area contributed by atoms with E-state index in [1.165, 1.54) is 38.6 Å². The number of hydrogen-bond donors (Lipinski definition) is 1. The van der Waals surface area contributed by atoms with Crippen LogP contribution in [0.3, 0.4) is 0 Å². The van der Waals surface area contributed by atoms with Gasteiger partial charge in [-0.3, -0.25) is 4.90 Å². The van der Waals surface area contributed by atoms with E-state index in [1.807, 2.05) is 0 Å². The average molecular weight is 239 g/mol. The number of piperidine rings is 1.